The van der Waals surface area contributed by atoms with Gasteiger partial charge in [-0.05, 0) is 42.3 Å². The minimum absolute atomic E-state index is 0.244. The molecule has 0 spiro atoms. The van der Waals surface area contributed by atoms with Crippen molar-refractivity contribution in [3.8, 4) is 0 Å². The van der Waals surface area contributed by atoms with E-state index in [-0.39, 0.29) is 10.1 Å². The lowest BCUT2D eigenvalue weighted by molar-refractivity contribution is -0.124. The van der Waals surface area contributed by atoms with Gasteiger partial charge in [-0.3, -0.25) is 4.79 Å². The van der Waals surface area contributed by atoms with Crippen LogP contribution in [0.25, 0.3) is 0 Å². The molecule has 1 aliphatic heterocycles. The van der Waals surface area contributed by atoms with Gasteiger partial charge in [0.25, 0.3) is 10.0 Å². The summed E-state index contributed by atoms with van der Waals surface area (Å²) < 4.78 is 32.5. The number of amides is 1. The fourth-order valence-electron chi connectivity index (χ4n) is 3.10. The Balaban J connectivity index is 1.60. The Hall–Kier alpha value is -1.74. The average molecular weight is 409 g/mol. The van der Waals surface area contributed by atoms with E-state index in [9.17, 15) is 13.2 Å². The van der Waals surface area contributed by atoms with Gasteiger partial charge in [-0.25, -0.2) is 8.42 Å². The third-order valence-corrected chi connectivity index (χ3v) is 7.81. The van der Waals surface area contributed by atoms with Gasteiger partial charge in [0, 0.05) is 19.7 Å². The summed E-state index contributed by atoms with van der Waals surface area (Å²) in [6, 6.07) is 10.5. The molecule has 1 saturated heterocycles. The molecule has 0 bridgehead atoms. The molecule has 1 aromatic heterocycles. The van der Waals surface area contributed by atoms with Crippen LogP contribution in [0.1, 0.15) is 30.9 Å². The van der Waals surface area contributed by atoms with E-state index >= 15 is 0 Å². The first-order chi connectivity index (χ1) is 13.0. The molecule has 146 valence electrons. The number of sulfonamides is 1. The molecule has 8 heteroatoms. The lowest BCUT2D eigenvalue weighted by Crippen LogP contribution is -2.45. The van der Waals surface area contributed by atoms with E-state index in [0.717, 1.165) is 11.1 Å². The predicted octanol–water partition coefficient (Wildman–Crippen LogP) is 2.75. The largest absolute Gasteiger partial charge is 0.377 e. The minimum atomic E-state index is -3.61. The number of carbonyl (C=O) groups excluding carboxylic acids is 1. The number of rotatable bonds is 8. The van der Waals surface area contributed by atoms with Crippen molar-refractivity contribution in [1.29, 1.82) is 0 Å². The van der Waals surface area contributed by atoms with Crippen molar-refractivity contribution < 1.29 is 17.9 Å². The van der Waals surface area contributed by atoms with E-state index in [4.69, 9.17) is 4.74 Å². The van der Waals surface area contributed by atoms with Gasteiger partial charge in [-0.15, -0.1) is 11.3 Å². The van der Waals surface area contributed by atoms with Crippen LogP contribution in [-0.2, 0) is 32.7 Å². The Morgan fingerprint density at radius 2 is 2.00 bits per heavy atom. The van der Waals surface area contributed by atoms with Gasteiger partial charge in [0.2, 0.25) is 5.91 Å². The van der Waals surface area contributed by atoms with Crippen LogP contribution in [0.5, 0.6) is 0 Å². The van der Waals surface area contributed by atoms with Crippen LogP contribution in [-0.4, -0.2) is 37.8 Å². The molecular formula is C19H24N2O4S2. The van der Waals surface area contributed by atoms with Gasteiger partial charge in [-0.2, -0.15) is 4.31 Å². The number of ether oxygens (including phenoxy) is 1. The molecule has 2 heterocycles. The standard InChI is InChI=1S/C19H24N2O4S2/c1-2-25-14-16-9-7-15(8-10-16)13-20-19(22)17-5-3-11-21(17)27(23,24)18-6-4-12-26-18/h4,6-10,12,17H,2-3,5,11,13-14H2,1H3,(H,20,22)/t17-/m0/s1. The summed E-state index contributed by atoms with van der Waals surface area (Å²) >= 11 is 1.18. The van der Waals surface area contributed by atoms with Crippen molar-refractivity contribution in [1.82, 2.24) is 9.62 Å². The summed E-state index contributed by atoms with van der Waals surface area (Å²) in [5, 5.41) is 4.61. The maximum Gasteiger partial charge on any atom is 0.253 e. The Morgan fingerprint density at radius 1 is 1.26 bits per heavy atom. The van der Waals surface area contributed by atoms with Crippen LogP contribution >= 0.6 is 11.3 Å². The van der Waals surface area contributed by atoms with Gasteiger partial charge in [0.15, 0.2) is 0 Å². The first-order valence-corrected chi connectivity index (χ1v) is 11.3. The highest BCUT2D eigenvalue weighted by Crippen LogP contribution is 2.28. The SMILES string of the molecule is CCOCc1ccc(CNC(=O)[C@@H]2CCCN2S(=O)(=O)c2cccs2)cc1. The van der Waals surface area contributed by atoms with E-state index in [1.807, 2.05) is 31.2 Å². The van der Waals surface area contributed by atoms with Gasteiger partial charge in [0.1, 0.15) is 10.3 Å². The zero-order valence-corrected chi connectivity index (χ0v) is 16.9. The highest BCUT2D eigenvalue weighted by atomic mass is 32.2. The summed E-state index contributed by atoms with van der Waals surface area (Å²) in [6.45, 7) is 3.95. The molecule has 1 fully saturated rings. The zero-order valence-electron chi connectivity index (χ0n) is 15.3. The van der Waals surface area contributed by atoms with E-state index in [1.165, 1.54) is 15.6 Å². The zero-order chi connectivity index (χ0) is 19.3. The quantitative estimate of drug-likeness (QED) is 0.729. The molecule has 0 unspecified atom stereocenters. The average Bonchev–Trinajstić information content (AvgIpc) is 3.37. The monoisotopic (exact) mass is 408 g/mol. The van der Waals surface area contributed by atoms with Crippen LogP contribution in [0.2, 0.25) is 0 Å². The molecule has 0 aliphatic carbocycles. The second kappa shape index (κ2) is 8.97. The summed E-state index contributed by atoms with van der Waals surface area (Å²) in [4.78, 5) is 12.6. The van der Waals surface area contributed by atoms with E-state index in [1.54, 1.807) is 17.5 Å². The Kier molecular flexibility index (Phi) is 6.64. The van der Waals surface area contributed by atoms with Crippen molar-refractivity contribution in [2.45, 2.75) is 43.2 Å². The van der Waals surface area contributed by atoms with E-state index in [0.29, 0.717) is 39.1 Å². The third kappa shape index (κ3) is 4.76. The minimum Gasteiger partial charge on any atom is -0.377 e. The summed E-state index contributed by atoms with van der Waals surface area (Å²) in [5.41, 5.74) is 2.05. The van der Waals surface area contributed by atoms with Gasteiger partial charge in [-0.1, -0.05) is 30.3 Å². The van der Waals surface area contributed by atoms with Crippen LogP contribution in [0, 0.1) is 0 Å². The summed E-state index contributed by atoms with van der Waals surface area (Å²) in [7, 11) is -3.61. The molecule has 0 radical (unpaired) electrons. The molecule has 27 heavy (non-hydrogen) atoms. The molecule has 2 aromatic rings. The Labute approximate surface area is 164 Å². The van der Waals surface area contributed by atoms with Crippen LogP contribution in [0.15, 0.2) is 46.0 Å². The third-order valence-electron chi connectivity index (χ3n) is 4.53. The molecule has 1 amide bonds. The normalized spacial score (nSPS) is 17.9. The molecule has 1 aromatic carbocycles. The van der Waals surface area contributed by atoms with Crippen molar-refractivity contribution >= 4 is 27.3 Å². The van der Waals surface area contributed by atoms with Crippen LogP contribution in [0.3, 0.4) is 0 Å². The lowest BCUT2D eigenvalue weighted by Gasteiger charge is -2.22. The molecule has 1 atom stereocenters. The predicted molar refractivity (Wildman–Crippen MR) is 105 cm³/mol. The lowest BCUT2D eigenvalue weighted by atomic mass is 10.1. The fourth-order valence-corrected chi connectivity index (χ4v) is 5.87. The molecule has 6 nitrogen and oxygen atoms in total. The van der Waals surface area contributed by atoms with Crippen LogP contribution < -0.4 is 5.32 Å². The number of thiophene rings is 1. The van der Waals surface area contributed by atoms with Crippen molar-refractivity contribution in [3.63, 3.8) is 0 Å². The molecule has 3 rings (SSSR count). The first kappa shape index (κ1) is 20.0. The molecule has 1 aliphatic rings. The maximum atomic E-state index is 12.8. The molecular weight excluding hydrogens is 384 g/mol. The second-order valence-corrected chi connectivity index (χ2v) is 9.44. The highest BCUT2D eigenvalue weighted by molar-refractivity contribution is 7.91. The van der Waals surface area contributed by atoms with Gasteiger partial charge in [0.05, 0.1) is 6.61 Å². The number of nitrogens with zero attached hydrogens (tertiary/aromatic N) is 1. The smallest absolute Gasteiger partial charge is 0.253 e. The van der Waals surface area contributed by atoms with Gasteiger partial charge < -0.3 is 10.1 Å². The maximum absolute atomic E-state index is 12.8. The summed E-state index contributed by atoms with van der Waals surface area (Å²) in [5.74, 6) is -0.244. The number of hydrogen-bond donors (Lipinski definition) is 1. The van der Waals surface area contributed by atoms with Crippen molar-refractivity contribution in [2.24, 2.45) is 0 Å². The van der Waals surface area contributed by atoms with Crippen LogP contribution in [0.4, 0.5) is 0 Å². The van der Waals surface area contributed by atoms with Gasteiger partial charge >= 0.3 is 0 Å². The number of benzene rings is 1. The fraction of sp³-hybridized carbons (Fsp3) is 0.421. The highest BCUT2D eigenvalue weighted by Gasteiger charge is 2.39. The molecule has 1 N–H and O–H groups in total. The van der Waals surface area contributed by atoms with Crippen molar-refractivity contribution in [2.75, 3.05) is 13.2 Å². The first-order valence-electron chi connectivity index (χ1n) is 9.01. The Morgan fingerprint density at radius 3 is 2.67 bits per heavy atom. The molecule has 0 saturated carbocycles. The second-order valence-electron chi connectivity index (χ2n) is 6.38. The summed E-state index contributed by atoms with van der Waals surface area (Å²) in [6.07, 6.45) is 1.23. The number of nitrogens with one attached hydrogen (secondary N) is 1. The van der Waals surface area contributed by atoms with E-state index in [2.05, 4.69) is 5.32 Å². The topological polar surface area (TPSA) is 75.7 Å². The van der Waals surface area contributed by atoms with Crippen molar-refractivity contribution in [3.05, 3.63) is 52.9 Å². The van der Waals surface area contributed by atoms with E-state index < -0.39 is 16.1 Å². The number of hydrogen-bond acceptors (Lipinski definition) is 5. The Bertz CT molecular complexity index is 848. The number of carbonyl (C=O) groups is 1.